The van der Waals surface area contributed by atoms with Crippen molar-refractivity contribution >= 4 is 42.9 Å². The first-order valence-corrected chi connectivity index (χ1v) is 10.4. The second kappa shape index (κ2) is 5.70. The highest BCUT2D eigenvalue weighted by Gasteiger charge is 2.38. The van der Waals surface area contributed by atoms with E-state index in [0.29, 0.717) is 0 Å². The zero-order valence-electron chi connectivity index (χ0n) is 15.6. The summed E-state index contributed by atoms with van der Waals surface area (Å²) in [5, 5.41) is 6.33. The molecule has 1 aliphatic heterocycles. The monoisotopic (exact) mass is 377 g/mol. The number of rotatable bonds is 1. The van der Waals surface area contributed by atoms with E-state index in [1.807, 2.05) is 11.3 Å². The molecule has 2 heterocycles. The molecule has 5 aromatic rings. The summed E-state index contributed by atoms with van der Waals surface area (Å²) in [7, 11) is 0. The summed E-state index contributed by atoms with van der Waals surface area (Å²) in [6.45, 7) is 2.36. The standard InChI is InChI=1S/C26H19NS/c1-26(17-14-15-25-19(16-17)18-8-2-7-13-24(18)28-25)20-9-3-5-11-22(20)27-23-12-6-4-10-21(23)26/h2-16,27H,1H3. The van der Waals surface area contributed by atoms with Crippen LogP contribution in [0.4, 0.5) is 11.4 Å². The van der Waals surface area contributed by atoms with Crippen molar-refractivity contribution in [3.8, 4) is 0 Å². The summed E-state index contributed by atoms with van der Waals surface area (Å²) in [6.07, 6.45) is 0. The predicted octanol–water partition coefficient (Wildman–Crippen LogP) is 7.47. The van der Waals surface area contributed by atoms with Crippen LogP contribution in [0, 0.1) is 0 Å². The fourth-order valence-electron chi connectivity index (χ4n) is 4.69. The number of nitrogens with one attached hydrogen (secondary N) is 1. The van der Waals surface area contributed by atoms with Crippen LogP contribution in [0.25, 0.3) is 20.2 Å². The molecule has 0 fully saturated rings. The van der Waals surface area contributed by atoms with Gasteiger partial charge in [0, 0.05) is 37.0 Å². The van der Waals surface area contributed by atoms with Crippen molar-refractivity contribution in [1.29, 1.82) is 0 Å². The lowest BCUT2D eigenvalue weighted by Crippen LogP contribution is -2.30. The lowest BCUT2D eigenvalue weighted by Gasteiger charge is -2.39. The highest BCUT2D eigenvalue weighted by Crippen LogP contribution is 2.50. The molecule has 0 saturated carbocycles. The van der Waals surface area contributed by atoms with Crippen LogP contribution in [-0.2, 0) is 5.41 Å². The third kappa shape index (κ3) is 2.07. The fourth-order valence-corrected chi connectivity index (χ4v) is 5.78. The van der Waals surface area contributed by atoms with E-state index in [4.69, 9.17) is 0 Å². The minimum absolute atomic E-state index is 0.199. The third-order valence-electron chi connectivity index (χ3n) is 6.15. The molecule has 6 rings (SSSR count). The van der Waals surface area contributed by atoms with E-state index in [0.717, 1.165) is 0 Å². The Morgan fingerprint density at radius 2 is 1.25 bits per heavy atom. The van der Waals surface area contributed by atoms with Gasteiger partial charge < -0.3 is 5.32 Å². The van der Waals surface area contributed by atoms with Crippen LogP contribution < -0.4 is 5.32 Å². The number of thiophene rings is 1. The summed E-state index contributed by atoms with van der Waals surface area (Å²) in [4.78, 5) is 0. The summed E-state index contributed by atoms with van der Waals surface area (Å²) in [5.74, 6) is 0. The Balaban J connectivity index is 1.69. The largest absolute Gasteiger partial charge is 0.355 e. The highest BCUT2D eigenvalue weighted by atomic mass is 32.1. The maximum atomic E-state index is 3.63. The van der Waals surface area contributed by atoms with Gasteiger partial charge in [0.1, 0.15) is 0 Å². The van der Waals surface area contributed by atoms with Crippen molar-refractivity contribution in [2.24, 2.45) is 0 Å². The second-order valence-electron chi connectivity index (χ2n) is 7.65. The molecule has 0 radical (unpaired) electrons. The molecule has 1 aliphatic rings. The molecular weight excluding hydrogens is 358 g/mol. The van der Waals surface area contributed by atoms with Gasteiger partial charge in [-0.1, -0.05) is 60.7 Å². The van der Waals surface area contributed by atoms with Crippen LogP contribution in [0.2, 0.25) is 0 Å². The number of anilines is 2. The molecule has 4 aromatic carbocycles. The van der Waals surface area contributed by atoms with Crippen molar-refractivity contribution < 1.29 is 0 Å². The van der Waals surface area contributed by atoms with Gasteiger partial charge in [-0.3, -0.25) is 0 Å². The average Bonchev–Trinajstić information content (AvgIpc) is 3.12. The SMILES string of the molecule is CC1(c2ccc3sc4ccccc4c3c2)c2ccccc2Nc2ccccc21. The van der Waals surface area contributed by atoms with Crippen LogP contribution in [-0.4, -0.2) is 0 Å². The minimum atomic E-state index is -0.199. The zero-order valence-corrected chi connectivity index (χ0v) is 16.4. The molecule has 1 N–H and O–H groups in total. The van der Waals surface area contributed by atoms with Crippen molar-refractivity contribution in [3.63, 3.8) is 0 Å². The average molecular weight is 378 g/mol. The predicted molar refractivity (Wildman–Crippen MR) is 121 cm³/mol. The Hall–Kier alpha value is -3.10. The van der Waals surface area contributed by atoms with Crippen molar-refractivity contribution in [2.45, 2.75) is 12.3 Å². The molecule has 2 heteroatoms. The maximum Gasteiger partial charge on any atom is 0.0464 e. The quantitative estimate of drug-likeness (QED) is 0.319. The van der Waals surface area contributed by atoms with Crippen molar-refractivity contribution in [2.75, 3.05) is 5.32 Å². The first-order chi connectivity index (χ1) is 13.7. The molecule has 134 valence electrons. The van der Waals surface area contributed by atoms with E-state index >= 15 is 0 Å². The molecule has 0 spiro atoms. The lowest BCUT2D eigenvalue weighted by molar-refractivity contribution is 0.690. The number of fused-ring (bicyclic) bond motifs is 5. The van der Waals surface area contributed by atoms with E-state index in [2.05, 4.69) is 103 Å². The first kappa shape index (κ1) is 15.9. The molecular formula is C26H19NS. The smallest absolute Gasteiger partial charge is 0.0464 e. The number of hydrogen-bond donors (Lipinski definition) is 1. The van der Waals surface area contributed by atoms with Crippen LogP contribution in [0.1, 0.15) is 23.6 Å². The van der Waals surface area contributed by atoms with E-state index in [-0.39, 0.29) is 5.41 Å². The summed E-state index contributed by atoms with van der Waals surface area (Å²) in [5.41, 5.74) is 6.18. The van der Waals surface area contributed by atoms with Crippen molar-refractivity contribution in [1.82, 2.24) is 0 Å². The van der Waals surface area contributed by atoms with Crippen LogP contribution in [0.3, 0.4) is 0 Å². The van der Waals surface area contributed by atoms with Gasteiger partial charge in [-0.05, 0) is 53.9 Å². The fraction of sp³-hybridized carbons (Fsp3) is 0.0769. The molecule has 1 aromatic heterocycles. The van der Waals surface area contributed by atoms with E-state index in [1.165, 1.54) is 48.2 Å². The highest BCUT2D eigenvalue weighted by molar-refractivity contribution is 7.25. The number of hydrogen-bond acceptors (Lipinski definition) is 2. The maximum absolute atomic E-state index is 3.63. The van der Waals surface area contributed by atoms with Gasteiger partial charge >= 0.3 is 0 Å². The van der Waals surface area contributed by atoms with Crippen molar-refractivity contribution in [3.05, 3.63) is 108 Å². The molecule has 1 nitrogen and oxygen atoms in total. The summed E-state index contributed by atoms with van der Waals surface area (Å²) in [6, 6.07) is 33.1. The topological polar surface area (TPSA) is 12.0 Å². The van der Waals surface area contributed by atoms with Gasteiger partial charge in [0.05, 0.1) is 0 Å². The number of para-hydroxylation sites is 2. The van der Waals surface area contributed by atoms with E-state index < -0.39 is 0 Å². The van der Waals surface area contributed by atoms with Gasteiger partial charge in [-0.2, -0.15) is 0 Å². The first-order valence-electron chi connectivity index (χ1n) is 9.63. The minimum Gasteiger partial charge on any atom is -0.355 e. The molecule has 0 unspecified atom stereocenters. The third-order valence-corrected chi connectivity index (χ3v) is 7.31. The molecule has 0 amide bonds. The van der Waals surface area contributed by atoms with Gasteiger partial charge in [-0.25, -0.2) is 0 Å². The van der Waals surface area contributed by atoms with Crippen LogP contribution in [0.15, 0.2) is 91.0 Å². The molecule has 28 heavy (non-hydrogen) atoms. The number of benzene rings is 4. The van der Waals surface area contributed by atoms with Gasteiger partial charge in [0.15, 0.2) is 0 Å². The van der Waals surface area contributed by atoms with Crippen LogP contribution >= 0.6 is 11.3 Å². The van der Waals surface area contributed by atoms with Crippen LogP contribution in [0.5, 0.6) is 0 Å². The Labute approximate surface area is 168 Å². The second-order valence-corrected chi connectivity index (χ2v) is 8.73. The Morgan fingerprint density at radius 1 is 0.643 bits per heavy atom. The van der Waals surface area contributed by atoms with E-state index in [9.17, 15) is 0 Å². The van der Waals surface area contributed by atoms with Gasteiger partial charge in [0.2, 0.25) is 0 Å². The summed E-state index contributed by atoms with van der Waals surface area (Å²) >= 11 is 1.87. The van der Waals surface area contributed by atoms with E-state index in [1.54, 1.807) is 0 Å². The molecule has 0 atom stereocenters. The van der Waals surface area contributed by atoms with Gasteiger partial charge in [-0.15, -0.1) is 11.3 Å². The molecule has 0 saturated heterocycles. The Morgan fingerprint density at radius 3 is 2.00 bits per heavy atom. The van der Waals surface area contributed by atoms with Gasteiger partial charge in [0.25, 0.3) is 0 Å². The normalized spacial score (nSPS) is 14.5. The Kier molecular flexibility index (Phi) is 3.24. The molecule has 0 aliphatic carbocycles. The zero-order chi connectivity index (χ0) is 18.7. The lowest BCUT2D eigenvalue weighted by atomic mass is 9.68. The Bertz CT molecular complexity index is 1320. The molecule has 0 bridgehead atoms. The summed E-state index contributed by atoms with van der Waals surface area (Å²) < 4.78 is 2.70.